The third kappa shape index (κ3) is 5.17. The Bertz CT molecular complexity index is 921. The number of aryl methyl sites for hydroxylation is 1. The van der Waals surface area contributed by atoms with E-state index in [-0.39, 0.29) is 6.15 Å². The summed E-state index contributed by atoms with van der Waals surface area (Å²) in [6.45, 7) is 3.07. The molecular formula is C21H25N7O2. The number of nitrogens with one attached hydrogen (secondary N) is 2. The van der Waals surface area contributed by atoms with Gasteiger partial charge >= 0.3 is 6.15 Å². The molecule has 0 saturated carbocycles. The van der Waals surface area contributed by atoms with Crippen molar-refractivity contribution in [1.29, 1.82) is 5.26 Å². The van der Waals surface area contributed by atoms with Gasteiger partial charge in [0.1, 0.15) is 17.7 Å². The first-order valence-corrected chi connectivity index (χ1v) is 9.95. The molecule has 2 aliphatic heterocycles. The molecule has 9 heteroatoms. The Hall–Kier alpha value is -3.34. The molecule has 2 aliphatic rings. The molecular weight excluding hydrogens is 382 g/mol. The van der Waals surface area contributed by atoms with Crippen LogP contribution in [0.25, 0.3) is 0 Å². The van der Waals surface area contributed by atoms with Crippen molar-refractivity contribution in [3.05, 3.63) is 35.9 Å². The second-order valence-corrected chi connectivity index (χ2v) is 7.76. The van der Waals surface area contributed by atoms with E-state index in [2.05, 4.69) is 44.5 Å². The number of piperidine rings is 1. The highest BCUT2D eigenvalue weighted by molar-refractivity contribution is 5.61. The molecule has 156 valence electrons. The molecule has 0 aliphatic carbocycles. The molecule has 30 heavy (non-hydrogen) atoms. The number of nitriles is 1. The lowest BCUT2D eigenvalue weighted by atomic mass is 9.91. The maximum absolute atomic E-state index is 8.81. The number of hydrogen-bond donors (Lipinski definition) is 2. The molecule has 0 aromatic carbocycles. The topological polar surface area (TPSA) is 124 Å². The Kier molecular flexibility index (Phi) is 7.07. The molecule has 0 amide bonds. The molecule has 4 rings (SSSR count). The lowest BCUT2D eigenvalue weighted by molar-refractivity contribution is -0.191. The van der Waals surface area contributed by atoms with Gasteiger partial charge in [-0.25, -0.2) is 15.0 Å². The zero-order valence-electron chi connectivity index (χ0n) is 17.1. The average molecular weight is 407 g/mol. The quantitative estimate of drug-likeness (QED) is 0.769. The molecule has 2 N–H and O–H groups in total. The van der Waals surface area contributed by atoms with Crippen molar-refractivity contribution in [2.75, 3.05) is 24.2 Å². The van der Waals surface area contributed by atoms with Gasteiger partial charge in [0.15, 0.2) is 5.69 Å². The monoisotopic (exact) mass is 407 g/mol. The molecule has 2 saturated heterocycles. The van der Waals surface area contributed by atoms with Gasteiger partial charge in [-0.1, -0.05) is 0 Å². The molecule has 2 atom stereocenters. The second kappa shape index (κ2) is 9.92. The van der Waals surface area contributed by atoms with Gasteiger partial charge in [-0.05, 0) is 51.1 Å². The van der Waals surface area contributed by atoms with Crippen LogP contribution in [0.15, 0.2) is 24.7 Å². The van der Waals surface area contributed by atoms with Crippen LogP contribution in [0, 0.1) is 24.2 Å². The van der Waals surface area contributed by atoms with E-state index in [9.17, 15) is 0 Å². The van der Waals surface area contributed by atoms with Gasteiger partial charge in [0.2, 0.25) is 0 Å². The highest BCUT2D eigenvalue weighted by Crippen LogP contribution is 2.37. The SMILES string of the molecule is Cc1cnc(Nc2cnc(C#N)cn2)cc1NCC1CC2CCC(C1)N2C.O=C=O. The molecule has 4 heterocycles. The minimum atomic E-state index is 0.250. The van der Waals surface area contributed by atoms with Crippen molar-refractivity contribution >= 4 is 23.5 Å². The molecule has 2 fully saturated rings. The van der Waals surface area contributed by atoms with Gasteiger partial charge in [-0.3, -0.25) is 0 Å². The van der Waals surface area contributed by atoms with E-state index in [1.165, 1.54) is 31.9 Å². The van der Waals surface area contributed by atoms with Crippen molar-refractivity contribution in [2.45, 2.75) is 44.7 Å². The first-order valence-electron chi connectivity index (χ1n) is 9.95. The number of aromatic nitrogens is 3. The number of rotatable bonds is 5. The second-order valence-electron chi connectivity index (χ2n) is 7.76. The molecule has 0 radical (unpaired) electrons. The Labute approximate surface area is 175 Å². The van der Waals surface area contributed by atoms with Gasteiger partial charge in [-0.15, -0.1) is 0 Å². The molecule has 2 unspecified atom stereocenters. The van der Waals surface area contributed by atoms with Crippen LogP contribution >= 0.6 is 0 Å². The Morgan fingerprint density at radius 2 is 1.77 bits per heavy atom. The predicted octanol–water partition coefficient (Wildman–Crippen LogP) is 2.50. The molecule has 2 aromatic rings. The van der Waals surface area contributed by atoms with Crippen molar-refractivity contribution in [2.24, 2.45) is 5.92 Å². The van der Waals surface area contributed by atoms with Crippen LogP contribution < -0.4 is 10.6 Å². The zero-order valence-corrected chi connectivity index (χ0v) is 17.1. The van der Waals surface area contributed by atoms with E-state index in [4.69, 9.17) is 14.9 Å². The Morgan fingerprint density at radius 1 is 1.10 bits per heavy atom. The number of carbonyl (C=O) groups excluding carboxylic acids is 2. The predicted molar refractivity (Wildman–Crippen MR) is 110 cm³/mol. The van der Waals surface area contributed by atoms with Crippen molar-refractivity contribution < 1.29 is 9.59 Å². The first-order chi connectivity index (χ1) is 14.5. The van der Waals surface area contributed by atoms with E-state index < -0.39 is 0 Å². The minimum Gasteiger partial charge on any atom is -0.384 e. The summed E-state index contributed by atoms with van der Waals surface area (Å²) in [6.07, 6.45) is 10.4. The number of nitrogens with zero attached hydrogens (tertiary/aromatic N) is 5. The smallest absolute Gasteiger partial charge is 0.373 e. The zero-order chi connectivity index (χ0) is 21.5. The van der Waals surface area contributed by atoms with Gasteiger partial charge < -0.3 is 15.5 Å². The standard InChI is InChI=1S/C20H25N7.CO2/c1-13-9-24-19(26-20-12-22-15(8-21)11-25-20)7-18(13)23-10-14-5-16-3-4-17(6-14)27(16)2;2-1-3/h7,9,11-12,14,16-17H,3-6,10H2,1-2H3,(H2,23,24,25,26);. The van der Waals surface area contributed by atoms with E-state index in [0.717, 1.165) is 35.8 Å². The summed E-state index contributed by atoms with van der Waals surface area (Å²) >= 11 is 0. The maximum atomic E-state index is 8.81. The van der Waals surface area contributed by atoms with Crippen LogP contribution in [0.1, 0.15) is 36.9 Å². The van der Waals surface area contributed by atoms with Gasteiger partial charge in [0, 0.05) is 36.6 Å². The fourth-order valence-electron chi connectivity index (χ4n) is 4.31. The number of pyridine rings is 1. The van der Waals surface area contributed by atoms with E-state index in [1.54, 1.807) is 6.20 Å². The van der Waals surface area contributed by atoms with Crippen LogP contribution in [-0.2, 0) is 9.59 Å². The highest BCUT2D eigenvalue weighted by atomic mass is 16.2. The largest absolute Gasteiger partial charge is 0.384 e. The third-order valence-corrected chi connectivity index (χ3v) is 5.90. The Balaban J connectivity index is 0.000000806. The van der Waals surface area contributed by atoms with E-state index >= 15 is 0 Å². The van der Waals surface area contributed by atoms with Crippen molar-refractivity contribution in [3.63, 3.8) is 0 Å². The number of anilines is 3. The summed E-state index contributed by atoms with van der Waals surface area (Å²) in [5.41, 5.74) is 2.52. The molecule has 9 nitrogen and oxygen atoms in total. The van der Waals surface area contributed by atoms with Gasteiger partial charge in [0.25, 0.3) is 0 Å². The summed E-state index contributed by atoms with van der Waals surface area (Å²) in [5, 5.41) is 15.6. The van der Waals surface area contributed by atoms with E-state index in [0.29, 0.717) is 17.3 Å². The summed E-state index contributed by atoms with van der Waals surface area (Å²) in [7, 11) is 2.28. The lowest BCUT2D eigenvalue weighted by Crippen LogP contribution is -2.41. The fraction of sp³-hybridized carbons (Fsp3) is 0.476. The highest BCUT2D eigenvalue weighted by Gasteiger charge is 2.38. The maximum Gasteiger partial charge on any atom is 0.373 e. The number of fused-ring (bicyclic) bond motifs is 2. The molecule has 2 bridgehead atoms. The van der Waals surface area contributed by atoms with Crippen LogP contribution in [0.3, 0.4) is 0 Å². The lowest BCUT2D eigenvalue weighted by Gasteiger charge is -2.36. The van der Waals surface area contributed by atoms with Crippen LogP contribution in [0.5, 0.6) is 0 Å². The van der Waals surface area contributed by atoms with Crippen LogP contribution in [0.2, 0.25) is 0 Å². The average Bonchev–Trinajstić information content (AvgIpc) is 2.96. The van der Waals surface area contributed by atoms with Crippen LogP contribution in [-0.4, -0.2) is 51.7 Å². The van der Waals surface area contributed by atoms with Gasteiger partial charge in [0.05, 0.1) is 12.4 Å². The van der Waals surface area contributed by atoms with Crippen molar-refractivity contribution in [1.82, 2.24) is 19.9 Å². The first kappa shape index (κ1) is 21.4. The molecule has 2 aromatic heterocycles. The Morgan fingerprint density at radius 3 is 2.37 bits per heavy atom. The van der Waals surface area contributed by atoms with Crippen LogP contribution in [0.4, 0.5) is 17.3 Å². The van der Waals surface area contributed by atoms with Gasteiger partial charge in [-0.2, -0.15) is 14.9 Å². The minimum absolute atomic E-state index is 0.250. The normalized spacial score (nSPS) is 22.2. The van der Waals surface area contributed by atoms with E-state index in [1.807, 2.05) is 18.3 Å². The van der Waals surface area contributed by atoms with Crippen molar-refractivity contribution in [3.8, 4) is 6.07 Å². The summed E-state index contributed by atoms with van der Waals surface area (Å²) in [5.74, 6) is 2.01. The summed E-state index contributed by atoms with van der Waals surface area (Å²) in [6, 6.07) is 5.51. The summed E-state index contributed by atoms with van der Waals surface area (Å²) in [4.78, 5) is 31.5. The number of hydrogen-bond acceptors (Lipinski definition) is 9. The third-order valence-electron chi connectivity index (χ3n) is 5.90. The summed E-state index contributed by atoms with van der Waals surface area (Å²) < 4.78 is 0. The molecule has 0 spiro atoms. The fourth-order valence-corrected chi connectivity index (χ4v) is 4.31.